The Balaban J connectivity index is 0.000000314. The molecule has 0 amide bonds. The van der Waals surface area contributed by atoms with E-state index in [9.17, 15) is 0 Å². The van der Waals surface area contributed by atoms with Crippen molar-refractivity contribution >= 4 is 11.3 Å². The zero-order chi connectivity index (χ0) is 35.8. The van der Waals surface area contributed by atoms with Gasteiger partial charge in [0.1, 0.15) is 0 Å². The maximum atomic E-state index is 4.40. The minimum atomic E-state index is 0.534. The highest BCUT2D eigenvalue weighted by Gasteiger charge is 2.06. The van der Waals surface area contributed by atoms with Crippen LogP contribution in [0.3, 0.4) is 0 Å². The molecule has 0 unspecified atom stereocenters. The van der Waals surface area contributed by atoms with Crippen LogP contribution in [-0.2, 0) is 0 Å². The van der Waals surface area contributed by atoms with Gasteiger partial charge in [-0.25, -0.2) is 0 Å². The van der Waals surface area contributed by atoms with Crippen LogP contribution in [0.5, 0.6) is 0 Å². The third-order valence-corrected chi connectivity index (χ3v) is 9.88. The van der Waals surface area contributed by atoms with E-state index >= 15 is 0 Å². The molecule has 0 bridgehead atoms. The molecule has 1 aromatic carbocycles. The predicted molar refractivity (Wildman–Crippen MR) is 212 cm³/mol. The van der Waals surface area contributed by atoms with Gasteiger partial charge in [-0.3, -0.25) is 9.97 Å². The summed E-state index contributed by atoms with van der Waals surface area (Å²) < 4.78 is 0. The van der Waals surface area contributed by atoms with Crippen LogP contribution >= 0.6 is 11.3 Å². The van der Waals surface area contributed by atoms with E-state index < -0.39 is 0 Å². The largest absolute Gasteiger partial charge is 0.261 e. The quantitative estimate of drug-likeness (QED) is 0.189. The molecule has 2 nitrogen and oxygen atoms in total. The maximum absolute atomic E-state index is 4.40. The van der Waals surface area contributed by atoms with Gasteiger partial charge in [0.2, 0.25) is 0 Å². The van der Waals surface area contributed by atoms with Gasteiger partial charge in [0.05, 0.1) is 0 Å². The van der Waals surface area contributed by atoms with Crippen molar-refractivity contribution in [3.8, 4) is 0 Å². The van der Waals surface area contributed by atoms with Crippen LogP contribution in [0.1, 0.15) is 202 Å². The van der Waals surface area contributed by atoms with E-state index in [1.54, 1.807) is 0 Å². The molecule has 0 radical (unpaired) electrons. The monoisotopic (exact) mass is 657 g/mol. The molecule has 4 rings (SSSR count). The number of benzene rings is 1. The average molecular weight is 657 g/mol. The Morgan fingerprint density at radius 2 is 0.596 bits per heavy atom. The standard InChI is InChI=1S/C12H18.2C11H17N.C10H16S/c1-9(2)11-5-7-12(8-6-11)10(3)4;2*1-8(2)10-5-6-11(9(3)4)12-7-10;1-7(2)9-5-6-10(11-9)8(3)4/h5-10H,1-4H3;2*5-9H,1-4H3;5-8H,1-4H3. The van der Waals surface area contributed by atoms with Crippen molar-refractivity contribution in [2.45, 2.75) is 158 Å². The second kappa shape index (κ2) is 21.2. The van der Waals surface area contributed by atoms with Crippen LogP contribution in [-0.4, -0.2) is 9.97 Å². The molecule has 0 saturated heterocycles. The Hall–Kier alpha value is -2.78. The summed E-state index contributed by atoms with van der Waals surface area (Å²) in [6, 6.07) is 22.1. The normalized spacial score (nSPS) is 11.2. The van der Waals surface area contributed by atoms with Gasteiger partial charge in [0, 0.05) is 33.5 Å². The minimum absolute atomic E-state index is 0.534. The summed E-state index contributed by atoms with van der Waals surface area (Å²) in [7, 11) is 0. The van der Waals surface area contributed by atoms with E-state index in [0.717, 1.165) is 0 Å². The third kappa shape index (κ3) is 15.8. The first kappa shape index (κ1) is 42.2. The number of rotatable bonds is 8. The minimum Gasteiger partial charge on any atom is -0.261 e. The molecule has 4 aromatic rings. The van der Waals surface area contributed by atoms with E-state index in [1.807, 2.05) is 23.7 Å². The molecule has 47 heavy (non-hydrogen) atoms. The van der Waals surface area contributed by atoms with Crippen LogP contribution in [0.25, 0.3) is 0 Å². The number of hydrogen-bond donors (Lipinski definition) is 0. The topological polar surface area (TPSA) is 25.8 Å². The summed E-state index contributed by atoms with van der Waals surface area (Å²) in [5.41, 5.74) is 7.86. The number of nitrogens with zero attached hydrogens (tertiary/aromatic N) is 2. The van der Waals surface area contributed by atoms with Gasteiger partial charge < -0.3 is 0 Å². The Morgan fingerprint density at radius 1 is 0.319 bits per heavy atom. The lowest BCUT2D eigenvalue weighted by Crippen LogP contribution is -1.94. The van der Waals surface area contributed by atoms with Crippen molar-refractivity contribution in [3.05, 3.63) is 116 Å². The molecule has 0 atom stereocenters. The molecule has 0 aliphatic rings. The van der Waals surface area contributed by atoms with Gasteiger partial charge in [-0.2, -0.15) is 0 Å². The van der Waals surface area contributed by atoms with Gasteiger partial charge in [0.25, 0.3) is 0 Å². The van der Waals surface area contributed by atoms with Crippen molar-refractivity contribution in [2.24, 2.45) is 0 Å². The molecule has 0 fully saturated rings. The maximum Gasteiger partial charge on any atom is 0.0429 e. The zero-order valence-corrected chi connectivity index (χ0v) is 33.7. The number of hydrogen-bond acceptors (Lipinski definition) is 3. The summed E-state index contributed by atoms with van der Waals surface area (Å²) in [6.45, 7) is 35.3. The molecule has 0 saturated carbocycles. The van der Waals surface area contributed by atoms with Gasteiger partial charge in [-0.15, -0.1) is 11.3 Å². The van der Waals surface area contributed by atoms with E-state index in [-0.39, 0.29) is 0 Å². The average Bonchev–Trinajstić information content (AvgIpc) is 3.54. The Bertz CT molecular complexity index is 1120. The van der Waals surface area contributed by atoms with Crippen LogP contribution in [0.15, 0.2) is 73.1 Å². The van der Waals surface area contributed by atoms with E-state index in [1.165, 1.54) is 43.4 Å². The molecule has 3 aromatic heterocycles. The van der Waals surface area contributed by atoms with Crippen molar-refractivity contribution in [1.29, 1.82) is 0 Å². The van der Waals surface area contributed by atoms with Crippen LogP contribution in [0, 0.1) is 0 Å². The highest BCUT2D eigenvalue weighted by Crippen LogP contribution is 2.29. The fourth-order valence-corrected chi connectivity index (χ4v) is 5.47. The van der Waals surface area contributed by atoms with Gasteiger partial charge in [0.15, 0.2) is 0 Å². The lowest BCUT2D eigenvalue weighted by atomic mass is 9.97. The molecule has 3 heterocycles. The summed E-state index contributed by atoms with van der Waals surface area (Å²) in [6.07, 6.45) is 3.97. The van der Waals surface area contributed by atoms with Crippen LogP contribution in [0.2, 0.25) is 0 Å². The predicted octanol–water partition coefficient (Wildman–Crippen LogP) is 14.6. The second-order valence-electron chi connectivity index (χ2n) is 15.2. The molecule has 3 heteroatoms. The van der Waals surface area contributed by atoms with Crippen molar-refractivity contribution in [2.75, 3.05) is 0 Å². The molecular formula is C44H68N2S. The SMILES string of the molecule is CC(C)c1ccc(C(C)C)cc1.CC(C)c1ccc(C(C)C)nc1.CC(C)c1ccc(C(C)C)nc1.CC(C)c1ccc(C(C)C)s1. The highest BCUT2D eigenvalue weighted by atomic mass is 32.1. The second-order valence-corrected chi connectivity index (χ2v) is 16.3. The van der Waals surface area contributed by atoms with Gasteiger partial charge in [-0.05, 0) is 93.9 Å². The molecular weight excluding hydrogens is 589 g/mol. The van der Waals surface area contributed by atoms with Crippen molar-refractivity contribution in [3.63, 3.8) is 0 Å². The van der Waals surface area contributed by atoms with E-state index in [4.69, 9.17) is 0 Å². The fraction of sp³-hybridized carbons (Fsp3) is 0.545. The first-order valence-corrected chi connectivity index (χ1v) is 18.9. The molecule has 0 N–H and O–H groups in total. The summed E-state index contributed by atoms with van der Waals surface area (Å²) >= 11 is 1.95. The lowest BCUT2D eigenvalue weighted by molar-refractivity contribution is 0.802. The summed E-state index contributed by atoms with van der Waals surface area (Å²) in [5.74, 6) is 4.90. The summed E-state index contributed by atoms with van der Waals surface area (Å²) in [4.78, 5) is 11.8. The Kier molecular flexibility index (Phi) is 19.1. The lowest BCUT2D eigenvalue weighted by Gasteiger charge is -2.08. The zero-order valence-electron chi connectivity index (χ0n) is 32.8. The fourth-order valence-electron chi connectivity index (χ4n) is 4.45. The molecule has 0 spiro atoms. The smallest absolute Gasteiger partial charge is 0.0429 e. The highest BCUT2D eigenvalue weighted by molar-refractivity contribution is 7.12. The molecule has 0 aliphatic heterocycles. The van der Waals surface area contributed by atoms with Crippen LogP contribution in [0.4, 0.5) is 0 Å². The number of aromatic nitrogens is 2. The number of thiophene rings is 1. The van der Waals surface area contributed by atoms with Crippen molar-refractivity contribution in [1.82, 2.24) is 9.97 Å². The molecule has 260 valence electrons. The first-order chi connectivity index (χ1) is 21.9. The van der Waals surface area contributed by atoms with Gasteiger partial charge >= 0.3 is 0 Å². The Labute approximate surface area is 294 Å². The third-order valence-electron chi connectivity index (χ3n) is 8.19. The summed E-state index contributed by atoms with van der Waals surface area (Å²) in [5, 5.41) is 0. The van der Waals surface area contributed by atoms with Gasteiger partial charge in [-0.1, -0.05) is 147 Å². The van der Waals surface area contributed by atoms with Crippen molar-refractivity contribution < 1.29 is 0 Å². The van der Waals surface area contributed by atoms with E-state index in [0.29, 0.717) is 47.3 Å². The van der Waals surface area contributed by atoms with E-state index in [2.05, 4.69) is 181 Å². The van der Waals surface area contributed by atoms with Crippen LogP contribution < -0.4 is 0 Å². The first-order valence-electron chi connectivity index (χ1n) is 18.0. The molecule has 0 aliphatic carbocycles. The Morgan fingerprint density at radius 3 is 0.766 bits per heavy atom. The number of pyridine rings is 2.